The fourth-order valence-electron chi connectivity index (χ4n) is 2.86. The molecule has 0 radical (unpaired) electrons. The number of ether oxygens (including phenoxy) is 1. The highest BCUT2D eigenvalue weighted by Gasteiger charge is 2.30. The molecule has 1 aliphatic heterocycles. The molecule has 0 fully saturated rings. The molecule has 0 spiro atoms. The minimum Gasteiger partial charge on any atom is -0.508 e. The molecule has 0 saturated carbocycles. The van der Waals surface area contributed by atoms with E-state index in [-0.39, 0.29) is 17.6 Å². The molecule has 0 bridgehead atoms. The maximum atomic E-state index is 9.65. The summed E-state index contributed by atoms with van der Waals surface area (Å²) in [6.07, 6.45) is 0. The number of phenols is 1. The zero-order chi connectivity index (χ0) is 16.6. The zero-order valence-corrected chi connectivity index (χ0v) is 13.1. The van der Waals surface area contributed by atoms with Gasteiger partial charge in [0, 0.05) is 11.6 Å². The van der Waals surface area contributed by atoms with E-state index in [1.165, 1.54) is 11.6 Å². The van der Waals surface area contributed by atoms with Crippen molar-refractivity contribution in [3.63, 3.8) is 0 Å². The van der Waals surface area contributed by atoms with Gasteiger partial charge in [-0.05, 0) is 23.1 Å². The Bertz CT molecular complexity index is 814. The second-order valence-electron chi connectivity index (χ2n) is 5.97. The largest absolute Gasteiger partial charge is 0.508 e. The number of nitrogens with zero attached hydrogens (tertiary/aromatic N) is 1. The summed E-state index contributed by atoms with van der Waals surface area (Å²) in [6.45, 7) is 4.28. The van der Waals surface area contributed by atoms with E-state index >= 15 is 0 Å². The average Bonchev–Trinajstić information content (AvgIpc) is 2.53. The summed E-state index contributed by atoms with van der Waals surface area (Å²) >= 11 is 0. The maximum Gasteiger partial charge on any atom is 0.205 e. The molecule has 0 aromatic heterocycles. The predicted octanol–water partition coefficient (Wildman–Crippen LogP) is 3.73. The third-order valence-corrected chi connectivity index (χ3v) is 4.14. The second-order valence-corrected chi connectivity index (χ2v) is 5.97. The summed E-state index contributed by atoms with van der Waals surface area (Å²) < 4.78 is 5.50. The number of fused-ring (bicyclic) bond motifs is 1. The average molecular weight is 306 g/mol. The normalized spacial score (nSPS) is 16.7. The van der Waals surface area contributed by atoms with Crippen molar-refractivity contribution in [2.75, 3.05) is 0 Å². The molecule has 3 N–H and O–H groups in total. The second kappa shape index (κ2) is 5.69. The highest BCUT2D eigenvalue weighted by Crippen LogP contribution is 2.43. The van der Waals surface area contributed by atoms with Gasteiger partial charge in [-0.15, -0.1) is 0 Å². The van der Waals surface area contributed by atoms with Crippen molar-refractivity contribution in [3.8, 4) is 17.6 Å². The Hall–Kier alpha value is -2.93. The van der Waals surface area contributed by atoms with Gasteiger partial charge in [-0.2, -0.15) is 5.26 Å². The van der Waals surface area contributed by atoms with Crippen molar-refractivity contribution in [2.45, 2.75) is 25.7 Å². The molecule has 4 heteroatoms. The van der Waals surface area contributed by atoms with Crippen LogP contribution in [0.5, 0.6) is 11.5 Å². The standard InChI is InChI=1S/C19H18N2O2/c1-11(2)12-3-5-13(6-4-12)18-15-8-7-14(22)9-17(15)23-19(21)16(18)10-20/h3-9,11,18,22H,21H2,1-2H3. The van der Waals surface area contributed by atoms with Crippen LogP contribution in [0.1, 0.15) is 42.4 Å². The summed E-state index contributed by atoms with van der Waals surface area (Å²) in [5, 5.41) is 19.1. The first-order valence-corrected chi connectivity index (χ1v) is 7.51. The van der Waals surface area contributed by atoms with E-state index in [2.05, 4.69) is 32.0 Å². The molecule has 2 aromatic carbocycles. The summed E-state index contributed by atoms with van der Waals surface area (Å²) in [5.74, 6) is 0.832. The lowest BCUT2D eigenvalue weighted by molar-refractivity contribution is 0.388. The van der Waals surface area contributed by atoms with Gasteiger partial charge in [-0.3, -0.25) is 0 Å². The highest BCUT2D eigenvalue weighted by molar-refractivity contribution is 5.57. The van der Waals surface area contributed by atoms with E-state index in [1.807, 2.05) is 12.1 Å². The van der Waals surface area contributed by atoms with E-state index in [0.717, 1.165) is 11.1 Å². The van der Waals surface area contributed by atoms with Gasteiger partial charge in [0.1, 0.15) is 23.1 Å². The zero-order valence-electron chi connectivity index (χ0n) is 13.1. The lowest BCUT2D eigenvalue weighted by atomic mass is 9.83. The van der Waals surface area contributed by atoms with E-state index < -0.39 is 0 Å². The first-order chi connectivity index (χ1) is 11.0. The molecule has 0 saturated heterocycles. The molecule has 0 aliphatic carbocycles. The van der Waals surface area contributed by atoms with Crippen LogP contribution in [0.15, 0.2) is 53.9 Å². The Labute approximate surface area is 135 Å². The molecule has 1 heterocycles. The van der Waals surface area contributed by atoms with Gasteiger partial charge in [0.2, 0.25) is 5.88 Å². The van der Waals surface area contributed by atoms with Crippen LogP contribution in [0.3, 0.4) is 0 Å². The van der Waals surface area contributed by atoms with Gasteiger partial charge in [-0.1, -0.05) is 44.2 Å². The first-order valence-electron chi connectivity index (χ1n) is 7.51. The minimum atomic E-state index is -0.287. The monoisotopic (exact) mass is 306 g/mol. The number of benzene rings is 2. The van der Waals surface area contributed by atoms with Crippen molar-refractivity contribution < 1.29 is 9.84 Å². The van der Waals surface area contributed by atoms with Crippen LogP contribution in [0, 0.1) is 11.3 Å². The van der Waals surface area contributed by atoms with Gasteiger partial charge in [0.15, 0.2) is 0 Å². The van der Waals surface area contributed by atoms with Crippen molar-refractivity contribution in [1.82, 2.24) is 0 Å². The molecule has 1 aliphatic rings. The van der Waals surface area contributed by atoms with Crippen LogP contribution in [0.4, 0.5) is 0 Å². The Balaban J connectivity index is 2.14. The molecular weight excluding hydrogens is 288 g/mol. The van der Waals surface area contributed by atoms with Crippen LogP contribution < -0.4 is 10.5 Å². The van der Waals surface area contributed by atoms with Crippen molar-refractivity contribution >= 4 is 0 Å². The van der Waals surface area contributed by atoms with Crippen molar-refractivity contribution in [3.05, 3.63) is 70.6 Å². The van der Waals surface area contributed by atoms with Crippen molar-refractivity contribution in [1.29, 1.82) is 5.26 Å². The molecule has 23 heavy (non-hydrogen) atoms. The molecule has 1 atom stereocenters. The molecule has 4 nitrogen and oxygen atoms in total. The van der Waals surface area contributed by atoms with E-state index in [0.29, 0.717) is 17.2 Å². The third kappa shape index (κ3) is 2.62. The van der Waals surface area contributed by atoms with Gasteiger partial charge in [-0.25, -0.2) is 0 Å². The van der Waals surface area contributed by atoms with E-state index in [9.17, 15) is 10.4 Å². The van der Waals surface area contributed by atoms with Gasteiger partial charge in [0.05, 0.1) is 5.92 Å². The number of rotatable bonds is 2. The fourth-order valence-corrected chi connectivity index (χ4v) is 2.86. The molecule has 2 aromatic rings. The summed E-state index contributed by atoms with van der Waals surface area (Å²) in [5.41, 5.74) is 9.34. The molecule has 0 amide bonds. The quantitative estimate of drug-likeness (QED) is 0.886. The Morgan fingerprint density at radius 1 is 1.17 bits per heavy atom. The number of nitrogens with two attached hydrogens (primary N) is 1. The van der Waals surface area contributed by atoms with Crippen LogP contribution in [0.25, 0.3) is 0 Å². The third-order valence-electron chi connectivity index (χ3n) is 4.14. The van der Waals surface area contributed by atoms with Crippen LogP contribution >= 0.6 is 0 Å². The maximum absolute atomic E-state index is 9.65. The van der Waals surface area contributed by atoms with Gasteiger partial charge in [0.25, 0.3) is 0 Å². The Morgan fingerprint density at radius 3 is 2.48 bits per heavy atom. The molecule has 116 valence electrons. The summed E-state index contributed by atoms with van der Waals surface area (Å²) in [4.78, 5) is 0. The number of hydrogen-bond donors (Lipinski definition) is 2. The van der Waals surface area contributed by atoms with E-state index in [1.54, 1.807) is 12.1 Å². The lowest BCUT2D eigenvalue weighted by Gasteiger charge is -2.26. The predicted molar refractivity (Wildman–Crippen MR) is 87.9 cm³/mol. The summed E-state index contributed by atoms with van der Waals surface area (Å²) in [6, 6.07) is 15.2. The van der Waals surface area contributed by atoms with Crippen LogP contribution in [0.2, 0.25) is 0 Å². The molecular formula is C19H18N2O2. The Morgan fingerprint density at radius 2 is 1.87 bits per heavy atom. The number of nitriles is 1. The lowest BCUT2D eigenvalue weighted by Crippen LogP contribution is -2.21. The van der Waals surface area contributed by atoms with Crippen molar-refractivity contribution in [2.24, 2.45) is 5.73 Å². The topological polar surface area (TPSA) is 79.3 Å². The first kappa shape index (κ1) is 15.0. The number of phenolic OH excluding ortho intramolecular Hbond substituents is 1. The number of allylic oxidation sites excluding steroid dienone is 1. The van der Waals surface area contributed by atoms with Gasteiger partial charge >= 0.3 is 0 Å². The number of aromatic hydroxyl groups is 1. The van der Waals surface area contributed by atoms with Gasteiger partial charge < -0.3 is 15.6 Å². The number of hydrogen-bond acceptors (Lipinski definition) is 4. The minimum absolute atomic E-state index is 0.0866. The van der Waals surface area contributed by atoms with Crippen LogP contribution in [-0.4, -0.2) is 5.11 Å². The molecule has 1 unspecified atom stereocenters. The SMILES string of the molecule is CC(C)c1ccc(C2C(C#N)=C(N)Oc3cc(O)ccc32)cc1. The van der Waals surface area contributed by atoms with Crippen LogP contribution in [-0.2, 0) is 0 Å². The highest BCUT2D eigenvalue weighted by atomic mass is 16.5. The molecule has 3 rings (SSSR count). The smallest absolute Gasteiger partial charge is 0.205 e. The Kier molecular flexibility index (Phi) is 3.71. The summed E-state index contributed by atoms with van der Waals surface area (Å²) in [7, 11) is 0. The van der Waals surface area contributed by atoms with E-state index in [4.69, 9.17) is 10.5 Å². The fraction of sp³-hybridized carbons (Fsp3) is 0.211.